The summed E-state index contributed by atoms with van der Waals surface area (Å²) in [5.41, 5.74) is 5.25. The number of anilines is 1. The number of aliphatic hydroxyl groups excluding tert-OH is 2. The minimum absolute atomic E-state index is 0.167. The van der Waals surface area contributed by atoms with Crippen molar-refractivity contribution in [3.63, 3.8) is 0 Å². The Morgan fingerprint density at radius 2 is 1.78 bits per heavy atom. The number of halogens is 1. The van der Waals surface area contributed by atoms with E-state index >= 15 is 0 Å². The van der Waals surface area contributed by atoms with E-state index in [1.54, 1.807) is 0 Å². The van der Waals surface area contributed by atoms with Crippen LogP contribution in [0.5, 0.6) is 0 Å². The van der Waals surface area contributed by atoms with Crippen LogP contribution in [0.25, 0.3) is 0 Å². The van der Waals surface area contributed by atoms with Crippen molar-refractivity contribution in [3.05, 3.63) is 24.0 Å². The standard InChI is InChI=1S/C10H15FN2O4S/c11-8-1-2-10(9(12)7-8)18(16,17)13(3-5-14)4-6-15/h1-2,7,14-15H,3-6,12H2. The monoisotopic (exact) mass is 278 g/mol. The van der Waals surface area contributed by atoms with Crippen molar-refractivity contribution in [1.82, 2.24) is 4.31 Å². The highest BCUT2D eigenvalue weighted by Crippen LogP contribution is 2.22. The second kappa shape index (κ2) is 6.10. The second-order valence-corrected chi connectivity index (χ2v) is 5.44. The summed E-state index contributed by atoms with van der Waals surface area (Å²) in [4.78, 5) is -0.245. The van der Waals surface area contributed by atoms with Crippen molar-refractivity contribution in [2.24, 2.45) is 0 Å². The van der Waals surface area contributed by atoms with Crippen LogP contribution in [0.2, 0.25) is 0 Å². The highest BCUT2D eigenvalue weighted by molar-refractivity contribution is 7.89. The number of nitrogens with two attached hydrogens (primary N) is 1. The van der Waals surface area contributed by atoms with Crippen molar-refractivity contribution < 1.29 is 23.0 Å². The summed E-state index contributed by atoms with van der Waals surface area (Å²) in [6, 6.07) is 2.95. The zero-order valence-corrected chi connectivity index (χ0v) is 10.4. The molecule has 18 heavy (non-hydrogen) atoms. The van der Waals surface area contributed by atoms with E-state index < -0.39 is 15.8 Å². The minimum atomic E-state index is -3.95. The van der Waals surface area contributed by atoms with E-state index in [9.17, 15) is 12.8 Å². The number of hydrogen-bond acceptors (Lipinski definition) is 5. The van der Waals surface area contributed by atoms with Crippen molar-refractivity contribution in [2.75, 3.05) is 32.0 Å². The highest BCUT2D eigenvalue weighted by Gasteiger charge is 2.25. The SMILES string of the molecule is Nc1cc(F)ccc1S(=O)(=O)N(CCO)CCO. The van der Waals surface area contributed by atoms with Crippen molar-refractivity contribution in [2.45, 2.75) is 4.90 Å². The van der Waals surface area contributed by atoms with Crippen molar-refractivity contribution in [1.29, 1.82) is 0 Å². The summed E-state index contributed by atoms with van der Waals surface area (Å²) >= 11 is 0. The quantitative estimate of drug-likeness (QED) is 0.602. The van der Waals surface area contributed by atoms with Gasteiger partial charge in [-0.2, -0.15) is 4.31 Å². The van der Waals surface area contributed by atoms with Gasteiger partial charge in [0.2, 0.25) is 10.0 Å². The summed E-state index contributed by atoms with van der Waals surface area (Å²) in [6.45, 7) is -1.11. The van der Waals surface area contributed by atoms with Crippen LogP contribution in [0.4, 0.5) is 10.1 Å². The van der Waals surface area contributed by atoms with E-state index in [0.717, 1.165) is 22.5 Å². The van der Waals surface area contributed by atoms with Crippen LogP contribution in [0.1, 0.15) is 0 Å². The molecule has 0 fully saturated rings. The van der Waals surface area contributed by atoms with Crippen LogP contribution in [0.3, 0.4) is 0 Å². The van der Waals surface area contributed by atoms with Gasteiger partial charge in [0.05, 0.1) is 18.9 Å². The zero-order chi connectivity index (χ0) is 13.8. The first-order valence-electron chi connectivity index (χ1n) is 5.20. The molecule has 8 heteroatoms. The maximum absolute atomic E-state index is 12.9. The number of nitrogen functional groups attached to an aromatic ring is 1. The van der Waals surface area contributed by atoms with Crippen LogP contribution >= 0.6 is 0 Å². The predicted octanol–water partition coefficient (Wildman–Crippen LogP) is -0.617. The van der Waals surface area contributed by atoms with E-state index in [4.69, 9.17) is 15.9 Å². The Labute approximate surface area is 105 Å². The summed E-state index contributed by atoms with van der Waals surface area (Å²) in [7, 11) is -3.95. The van der Waals surface area contributed by atoms with Crippen molar-refractivity contribution >= 4 is 15.7 Å². The van der Waals surface area contributed by atoms with Crippen LogP contribution in [0.15, 0.2) is 23.1 Å². The first-order chi connectivity index (χ1) is 8.43. The average molecular weight is 278 g/mol. The lowest BCUT2D eigenvalue weighted by atomic mass is 10.3. The van der Waals surface area contributed by atoms with Gasteiger partial charge in [-0.25, -0.2) is 12.8 Å². The van der Waals surface area contributed by atoms with Gasteiger partial charge in [0.1, 0.15) is 10.7 Å². The maximum Gasteiger partial charge on any atom is 0.245 e. The number of aliphatic hydroxyl groups is 2. The summed E-state index contributed by atoms with van der Waals surface area (Å²) < 4.78 is 38.0. The summed E-state index contributed by atoms with van der Waals surface area (Å²) in [6.07, 6.45) is 0. The van der Waals surface area contributed by atoms with E-state index in [2.05, 4.69) is 0 Å². The minimum Gasteiger partial charge on any atom is -0.398 e. The fraction of sp³-hybridized carbons (Fsp3) is 0.400. The summed E-state index contributed by atoms with van der Waals surface area (Å²) in [5, 5.41) is 17.6. The van der Waals surface area contributed by atoms with Gasteiger partial charge in [0.25, 0.3) is 0 Å². The number of hydrogen-bond donors (Lipinski definition) is 3. The van der Waals surface area contributed by atoms with Gasteiger partial charge in [-0.1, -0.05) is 0 Å². The van der Waals surface area contributed by atoms with E-state index in [0.29, 0.717) is 0 Å². The Balaban J connectivity index is 3.17. The van der Waals surface area contributed by atoms with Crippen LogP contribution < -0.4 is 5.73 Å². The second-order valence-electron chi connectivity index (χ2n) is 3.53. The molecule has 1 rings (SSSR count). The number of benzene rings is 1. The molecule has 0 aliphatic rings. The molecule has 6 nitrogen and oxygen atoms in total. The molecule has 0 spiro atoms. The predicted molar refractivity (Wildman–Crippen MR) is 63.7 cm³/mol. The third kappa shape index (κ3) is 3.16. The molecule has 0 amide bonds. The third-order valence-electron chi connectivity index (χ3n) is 2.29. The molecule has 4 N–H and O–H groups in total. The lowest BCUT2D eigenvalue weighted by molar-refractivity contribution is 0.217. The van der Waals surface area contributed by atoms with Crippen LogP contribution in [0, 0.1) is 5.82 Å². The molecule has 0 atom stereocenters. The van der Waals surface area contributed by atoms with E-state index in [1.165, 1.54) is 0 Å². The number of nitrogens with zero attached hydrogens (tertiary/aromatic N) is 1. The third-order valence-corrected chi connectivity index (χ3v) is 4.26. The highest BCUT2D eigenvalue weighted by atomic mass is 32.2. The molecule has 0 saturated heterocycles. The molecule has 0 radical (unpaired) electrons. The first-order valence-corrected chi connectivity index (χ1v) is 6.64. The Hall–Kier alpha value is -1.22. The molecule has 0 aliphatic carbocycles. The average Bonchev–Trinajstić information content (AvgIpc) is 2.28. The molecule has 102 valence electrons. The van der Waals surface area contributed by atoms with Gasteiger partial charge in [0, 0.05) is 13.1 Å². The lowest BCUT2D eigenvalue weighted by Gasteiger charge is -2.21. The molecular weight excluding hydrogens is 263 g/mol. The summed E-state index contributed by atoms with van der Waals surface area (Å²) in [5.74, 6) is -0.637. The molecule has 0 heterocycles. The molecule has 0 bridgehead atoms. The first kappa shape index (κ1) is 14.8. The zero-order valence-electron chi connectivity index (χ0n) is 9.58. The molecule has 0 aliphatic heterocycles. The van der Waals surface area contributed by atoms with Gasteiger partial charge in [-0.3, -0.25) is 0 Å². The van der Waals surface area contributed by atoms with Crippen LogP contribution in [-0.4, -0.2) is 49.2 Å². The molecule has 0 saturated carbocycles. The smallest absolute Gasteiger partial charge is 0.245 e. The fourth-order valence-corrected chi connectivity index (χ4v) is 2.99. The fourth-order valence-electron chi connectivity index (χ4n) is 1.47. The molecule has 1 aromatic carbocycles. The van der Waals surface area contributed by atoms with Gasteiger partial charge in [-0.15, -0.1) is 0 Å². The maximum atomic E-state index is 12.9. The Morgan fingerprint density at radius 1 is 1.22 bits per heavy atom. The van der Waals surface area contributed by atoms with Crippen LogP contribution in [-0.2, 0) is 10.0 Å². The topological polar surface area (TPSA) is 104 Å². The lowest BCUT2D eigenvalue weighted by Crippen LogP contribution is -2.36. The van der Waals surface area contributed by atoms with Gasteiger partial charge in [0.15, 0.2) is 0 Å². The number of rotatable bonds is 6. The Bertz CT molecular complexity index is 501. The van der Waals surface area contributed by atoms with Gasteiger partial charge < -0.3 is 15.9 Å². The molecular formula is C10H15FN2O4S. The molecule has 0 unspecified atom stereocenters. The number of sulfonamides is 1. The van der Waals surface area contributed by atoms with Gasteiger partial charge >= 0.3 is 0 Å². The normalized spacial score (nSPS) is 12.0. The molecule has 1 aromatic rings. The Kier molecular flexibility index (Phi) is 5.03. The Morgan fingerprint density at radius 3 is 2.22 bits per heavy atom. The van der Waals surface area contributed by atoms with Crippen molar-refractivity contribution in [3.8, 4) is 0 Å². The van der Waals surface area contributed by atoms with E-state index in [-0.39, 0.29) is 36.9 Å². The molecule has 0 aromatic heterocycles. The largest absolute Gasteiger partial charge is 0.398 e. The van der Waals surface area contributed by atoms with E-state index in [1.807, 2.05) is 0 Å². The van der Waals surface area contributed by atoms with Gasteiger partial charge in [-0.05, 0) is 18.2 Å².